The van der Waals surface area contributed by atoms with E-state index < -0.39 is 38.9 Å². The van der Waals surface area contributed by atoms with E-state index in [1.54, 1.807) is 17.0 Å². The zero-order valence-corrected chi connectivity index (χ0v) is 31.2. The average molecular weight is 750 g/mol. The van der Waals surface area contributed by atoms with E-state index in [-0.39, 0.29) is 41.8 Å². The third-order valence-corrected chi connectivity index (χ3v) is 11.3. The number of hydrogen-bond donors (Lipinski definition) is 4. The number of sulfonamides is 1. The van der Waals surface area contributed by atoms with Crippen LogP contribution >= 0.6 is 0 Å². The first kappa shape index (κ1) is 40.6. The molecule has 1 aromatic carbocycles. The van der Waals surface area contributed by atoms with Crippen LogP contribution in [0.4, 0.5) is 14.0 Å². The minimum atomic E-state index is -3.70. The molecular weight excluding hydrogens is 697 g/mol. The molecule has 3 aliphatic heterocycles. The van der Waals surface area contributed by atoms with E-state index in [4.69, 9.17) is 9.84 Å². The highest BCUT2D eigenvalue weighted by atomic mass is 32.2. The Hall–Kier alpha value is -4.21. The van der Waals surface area contributed by atoms with Crippen LogP contribution in [0.1, 0.15) is 103 Å². The molecule has 2 saturated carbocycles. The Kier molecular flexibility index (Phi) is 13.3. The lowest BCUT2D eigenvalue weighted by atomic mass is 10.1. The number of benzene rings is 1. The lowest BCUT2D eigenvalue weighted by molar-refractivity contribution is -0.139. The third-order valence-electron chi connectivity index (χ3n) is 9.52. The van der Waals surface area contributed by atoms with E-state index in [2.05, 4.69) is 15.4 Å². The fourth-order valence-corrected chi connectivity index (χ4v) is 7.81. The molecule has 6 rings (SSSR count). The van der Waals surface area contributed by atoms with Crippen molar-refractivity contribution in [2.75, 3.05) is 13.6 Å². The lowest BCUT2D eigenvalue weighted by Crippen LogP contribution is -2.56. The van der Waals surface area contributed by atoms with Gasteiger partial charge in [-0.2, -0.15) is 0 Å². The summed E-state index contributed by atoms with van der Waals surface area (Å²) in [5.41, 5.74) is -0.361. The van der Waals surface area contributed by atoms with Gasteiger partial charge in [-0.15, -0.1) is 0 Å². The van der Waals surface area contributed by atoms with E-state index in [1.165, 1.54) is 18.0 Å². The van der Waals surface area contributed by atoms with E-state index in [0.29, 0.717) is 50.8 Å². The summed E-state index contributed by atoms with van der Waals surface area (Å²) >= 11 is 0. The molecule has 0 bridgehead atoms. The highest BCUT2D eigenvalue weighted by Gasteiger charge is 2.61. The Bertz CT molecular complexity index is 1640. The van der Waals surface area contributed by atoms with E-state index in [9.17, 15) is 36.8 Å². The van der Waals surface area contributed by atoms with Gasteiger partial charge in [0.2, 0.25) is 21.8 Å². The molecule has 0 aromatic heterocycles. The Morgan fingerprint density at radius 1 is 1.04 bits per heavy atom. The van der Waals surface area contributed by atoms with Gasteiger partial charge in [0.05, 0.1) is 11.8 Å². The van der Waals surface area contributed by atoms with Crippen molar-refractivity contribution in [1.82, 2.24) is 25.2 Å². The van der Waals surface area contributed by atoms with Crippen molar-refractivity contribution in [3.8, 4) is 0 Å². The molecule has 5 aliphatic rings. The molecule has 16 heteroatoms. The second-order valence-electron chi connectivity index (χ2n) is 14.8. The number of nitrogens with one attached hydrogen (secondary N) is 3. The van der Waals surface area contributed by atoms with Crippen molar-refractivity contribution < 1.29 is 46.6 Å². The Labute approximate surface area is 304 Å². The van der Waals surface area contributed by atoms with Gasteiger partial charge in [-0.3, -0.25) is 24.0 Å². The molecular formula is C36H52FN5O9S. The molecule has 14 nitrogen and oxygen atoms in total. The van der Waals surface area contributed by atoms with Gasteiger partial charge < -0.3 is 25.4 Å². The summed E-state index contributed by atoms with van der Waals surface area (Å²) < 4.78 is 44.7. The molecule has 1 saturated heterocycles. The van der Waals surface area contributed by atoms with Crippen molar-refractivity contribution in [3.05, 3.63) is 47.3 Å². The largest absolute Gasteiger partial charge is 0.465 e. The zero-order chi connectivity index (χ0) is 38.3. The van der Waals surface area contributed by atoms with Crippen molar-refractivity contribution in [3.63, 3.8) is 0 Å². The number of ether oxygens (including phenoxy) is 1. The molecule has 5 amide bonds. The zero-order valence-electron chi connectivity index (χ0n) is 30.4. The molecule has 2 unspecified atom stereocenters. The van der Waals surface area contributed by atoms with Crippen LogP contribution in [0.5, 0.6) is 0 Å². The van der Waals surface area contributed by atoms with E-state index in [0.717, 1.165) is 44.1 Å². The first-order chi connectivity index (χ1) is 24.5. The van der Waals surface area contributed by atoms with Gasteiger partial charge in [0.1, 0.15) is 23.0 Å². The molecule has 3 fully saturated rings. The predicted molar refractivity (Wildman–Crippen MR) is 190 cm³/mol. The maximum absolute atomic E-state index is 13.1. The van der Waals surface area contributed by atoms with Crippen molar-refractivity contribution in [1.29, 1.82) is 0 Å². The maximum Gasteiger partial charge on any atom is 0.407 e. The van der Waals surface area contributed by atoms with Crippen LogP contribution in [0, 0.1) is 11.7 Å². The standard InChI is InChI=1S/C21H31N3O5S.C9H8FNO2.C6H13NO2/c25-18-10-6-4-2-1-3-5-8-15-14-21(15,20(27)23-30(28,29)16-11-12-16)22-19(26)17-9-7-13-24(17)18;10-8-3-1-2-6-4-11(9(12)13)5-7(6)8;1-6(2,3)9-5(8)7-4/h5,8,15-17H,1-4,6-7,9-14H2,(H,22,26)(H,23,27);1-3H,4-5H2,(H,12,13);1-4H3,(H,7,8)/b8-5-;;/t15?,17?,21-;;/m0../s1. The van der Waals surface area contributed by atoms with Crippen LogP contribution in [0.2, 0.25) is 0 Å². The third kappa shape index (κ3) is 10.9. The summed E-state index contributed by atoms with van der Waals surface area (Å²) in [4.78, 5) is 62.6. The van der Waals surface area contributed by atoms with Crippen LogP contribution < -0.4 is 15.4 Å². The minimum Gasteiger partial charge on any atom is -0.465 e. The van der Waals surface area contributed by atoms with Gasteiger partial charge in [-0.25, -0.2) is 22.4 Å². The van der Waals surface area contributed by atoms with Gasteiger partial charge >= 0.3 is 12.2 Å². The number of allylic oxidation sites excluding steroid dienone is 1. The van der Waals surface area contributed by atoms with Crippen LogP contribution in [0.25, 0.3) is 0 Å². The van der Waals surface area contributed by atoms with Crippen molar-refractivity contribution in [2.24, 2.45) is 5.92 Å². The molecule has 52 heavy (non-hydrogen) atoms. The highest BCUT2D eigenvalue weighted by Crippen LogP contribution is 2.46. The number of halogens is 1. The van der Waals surface area contributed by atoms with Gasteiger partial charge in [0, 0.05) is 38.0 Å². The summed E-state index contributed by atoms with van der Waals surface area (Å²) in [5, 5.41) is 13.4. The minimum absolute atomic E-state index is 0.0113. The van der Waals surface area contributed by atoms with Gasteiger partial charge in [0.25, 0.3) is 5.91 Å². The monoisotopic (exact) mass is 749 g/mol. The van der Waals surface area contributed by atoms with Gasteiger partial charge in [-0.1, -0.05) is 37.1 Å². The Balaban J connectivity index is 0.000000225. The number of fused-ring (bicyclic) bond motifs is 3. The summed E-state index contributed by atoms with van der Waals surface area (Å²) in [5.74, 6) is -1.57. The van der Waals surface area contributed by atoms with Crippen molar-refractivity contribution >= 4 is 39.9 Å². The second-order valence-corrected chi connectivity index (χ2v) is 16.8. The summed E-state index contributed by atoms with van der Waals surface area (Å²) in [6, 6.07) is 4.11. The van der Waals surface area contributed by atoms with Crippen LogP contribution in [-0.4, -0.2) is 89.3 Å². The molecule has 3 atom stereocenters. The number of carbonyl (C=O) groups excluding carboxylic acids is 4. The Morgan fingerprint density at radius 3 is 2.37 bits per heavy atom. The number of hydrogen-bond acceptors (Lipinski definition) is 8. The fourth-order valence-electron chi connectivity index (χ4n) is 6.45. The number of rotatable bonds is 3. The summed E-state index contributed by atoms with van der Waals surface area (Å²) in [6.45, 7) is 6.47. The number of alkyl carbamates (subject to hydrolysis) is 1. The van der Waals surface area contributed by atoms with Crippen molar-refractivity contribution in [2.45, 2.75) is 127 Å². The van der Waals surface area contributed by atoms with Gasteiger partial charge in [0.15, 0.2) is 0 Å². The van der Waals surface area contributed by atoms with E-state index >= 15 is 0 Å². The van der Waals surface area contributed by atoms with E-state index in [1.807, 2.05) is 32.9 Å². The molecule has 0 spiro atoms. The molecule has 2 aliphatic carbocycles. The number of carbonyl (C=O) groups is 5. The molecule has 3 heterocycles. The quantitative estimate of drug-likeness (QED) is 0.326. The first-order valence-corrected chi connectivity index (χ1v) is 19.5. The van der Waals surface area contributed by atoms with Crippen LogP contribution in [0.3, 0.4) is 0 Å². The number of amides is 5. The fraction of sp³-hybridized carbons (Fsp3) is 0.639. The SMILES string of the molecule is CNC(=O)OC(C)(C)C.O=C(O)N1Cc2cccc(F)c2C1.O=C1N[C@@]2(C(=O)NS(=O)(=O)C3CC3)CC2/C=C\CCCCCCC(=O)N2CCCC12. The van der Waals surface area contributed by atoms with Crippen LogP contribution in [-0.2, 0) is 42.2 Å². The smallest absolute Gasteiger partial charge is 0.407 e. The molecule has 0 radical (unpaired) electrons. The summed E-state index contributed by atoms with van der Waals surface area (Å²) in [6.07, 6.45) is 10.5. The predicted octanol–water partition coefficient (Wildman–Crippen LogP) is 4.33. The molecule has 288 valence electrons. The molecule has 1 aromatic rings. The highest BCUT2D eigenvalue weighted by molar-refractivity contribution is 7.91. The normalized spacial score (nSPS) is 25.1. The number of nitrogens with zero attached hydrogens (tertiary/aromatic N) is 2. The summed E-state index contributed by atoms with van der Waals surface area (Å²) in [7, 11) is -2.16. The second kappa shape index (κ2) is 17.1. The van der Waals surface area contributed by atoms with Gasteiger partial charge in [-0.05, 0) is 83.8 Å². The lowest BCUT2D eigenvalue weighted by Gasteiger charge is -2.27. The number of carboxylic acid groups (broad SMARTS) is 1. The topological polar surface area (TPSA) is 192 Å². The Morgan fingerprint density at radius 2 is 1.75 bits per heavy atom. The molecule has 4 N–H and O–H groups in total. The maximum atomic E-state index is 13.1. The first-order valence-electron chi connectivity index (χ1n) is 18.0. The average Bonchev–Trinajstić information content (AvgIpc) is 3.93. The van der Waals surface area contributed by atoms with Crippen LogP contribution in [0.15, 0.2) is 30.4 Å².